The molecule has 19 heavy (non-hydrogen) atoms. The summed E-state index contributed by atoms with van der Waals surface area (Å²) in [6, 6.07) is 14.8. The largest absolute Gasteiger partial charge is 0.384 e. The molecule has 0 unspecified atom stereocenters. The number of nitrogens with one attached hydrogen (secondary N) is 1. The van der Waals surface area contributed by atoms with Crippen LogP contribution in [0.15, 0.2) is 42.5 Å². The van der Waals surface area contributed by atoms with E-state index >= 15 is 0 Å². The number of imidazole rings is 1. The first-order valence-corrected chi connectivity index (χ1v) is 6.61. The first-order valence-electron chi connectivity index (χ1n) is 6.61. The molecule has 0 fully saturated rings. The van der Waals surface area contributed by atoms with Crippen LogP contribution in [-0.4, -0.2) is 16.1 Å². The molecule has 3 heteroatoms. The molecule has 3 nitrogen and oxygen atoms in total. The fraction of sp³-hybridized carbons (Fsp3) is 0.188. The third kappa shape index (κ3) is 1.55. The Labute approximate surface area is 111 Å². The second kappa shape index (κ2) is 3.85. The average molecular weight is 249 g/mol. The molecule has 1 aliphatic heterocycles. The molecule has 3 aromatic rings. The highest BCUT2D eigenvalue weighted by Gasteiger charge is 2.14. The van der Waals surface area contributed by atoms with Crippen molar-refractivity contribution in [2.45, 2.75) is 6.42 Å². The first kappa shape index (κ1) is 10.6. The second-order valence-corrected chi connectivity index (χ2v) is 5.03. The van der Waals surface area contributed by atoms with Crippen LogP contribution in [0, 0.1) is 0 Å². The predicted octanol–water partition coefficient (Wildman–Crippen LogP) is 3.21. The lowest BCUT2D eigenvalue weighted by Gasteiger charge is -2.05. The molecule has 2 heterocycles. The fourth-order valence-electron chi connectivity index (χ4n) is 2.85. The number of aromatic nitrogens is 2. The molecule has 1 aliphatic rings. The fourth-order valence-corrected chi connectivity index (χ4v) is 2.85. The quantitative estimate of drug-likeness (QED) is 0.717. The van der Waals surface area contributed by atoms with Crippen molar-refractivity contribution < 1.29 is 0 Å². The van der Waals surface area contributed by atoms with Gasteiger partial charge < -0.3 is 9.88 Å². The summed E-state index contributed by atoms with van der Waals surface area (Å²) in [7, 11) is 2.08. The predicted molar refractivity (Wildman–Crippen MR) is 78.3 cm³/mol. The molecule has 94 valence electrons. The van der Waals surface area contributed by atoms with Crippen molar-refractivity contribution in [1.82, 2.24) is 9.55 Å². The van der Waals surface area contributed by atoms with Gasteiger partial charge >= 0.3 is 0 Å². The van der Waals surface area contributed by atoms with E-state index in [2.05, 4.69) is 53.3 Å². The molecule has 4 rings (SSSR count). The lowest BCUT2D eigenvalue weighted by Crippen LogP contribution is -1.93. The van der Waals surface area contributed by atoms with Crippen LogP contribution < -0.4 is 5.32 Å². The van der Waals surface area contributed by atoms with Gasteiger partial charge in [-0.2, -0.15) is 0 Å². The molecule has 0 saturated carbocycles. The topological polar surface area (TPSA) is 29.9 Å². The van der Waals surface area contributed by atoms with Gasteiger partial charge in [-0.25, -0.2) is 4.98 Å². The summed E-state index contributed by atoms with van der Waals surface area (Å²) in [6.07, 6.45) is 1.10. The maximum absolute atomic E-state index is 4.75. The van der Waals surface area contributed by atoms with Crippen LogP contribution in [0.4, 0.5) is 5.69 Å². The minimum Gasteiger partial charge on any atom is -0.384 e. The highest BCUT2D eigenvalue weighted by Crippen LogP contribution is 2.29. The summed E-state index contributed by atoms with van der Waals surface area (Å²) < 4.78 is 2.17. The average Bonchev–Trinajstić information content (AvgIpc) is 3.03. The summed E-state index contributed by atoms with van der Waals surface area (Å²) in [5.74, 6) is 1.04. The van der Waals surface area contributed by atoms with Gasteiger partial charge in [-0.3, -0.25) is 0 Å². The van der Waals surface area contributed by atoms with Gasteiger partial charge in [-0.15, -0.1) is 0 Å². The molecule has 2 aromatic carbocycles. The Hall–Kier alpha value is -2.29. The summed E-state index contributed by atoms with van der Waals surface area (Å²) in [5.41, 5.74) is 6.09. The summed E-state index contributed by atoms with van der Waals surface area (Å²) >= 11 is 0. The Kier molecular flexibility index (Phi) is 2.15. The monoisotopic (exact) mass is 249 g/mol. The number of rotatable bonds is 1. The summed E-state index contributed by atoms with van der Waals surface area (Å²) in [4.78, 5) is 4.75. The van der Waals surface area contributed by atoms with Crippen LogP contribution in [0.1, 0.15) is 5.56 Å². The number of benzene rings is 2. The number of hydrogen-bond acceptors (Lipinski definition) is 2. The van der Waals surface area contributed by atoms with E-state index in [0.717, 1.165) is 24.3 Å². The number of para-hydroxylation sites is 2. The minimum atomic E-state index is 1.04. The van der Waals surface area contributed by atoms with E-state index in [9.17, 15) is 0 Å². The Morgan fingerprint density at radius 3 is 2.95 bits per heavy atom. The van der Waals surface area contributed by atoms with Crippen molar-refractivity contribution in [3.63, 3.8) is 0 Å². The summed E-state index contributed by atoms with van der Waals surface area (Å²) in [6.45, 7) is 1.04. The molecule has 0 radical (unpaired) electrons. The zero-order valence-corrected chi connectivity index (χ0v) is 10.9. The van der Waals surface area contributed by atoms with Crippen LogP contribution in [0.3, 0.4) is 0 Å². The molecule has 0 spiro atoms. The third-order valence-electron chi connectivity index (χ3n) is 3.86. The van der Waals surface area contributed by atoms with Gasteiger partial charge in [0.1, 0.15) is 5.82 Å². The van der Waals surface area contributed by atoms with E-state index in [1.54, 1.807) is 0 Å². The number of anilines is 1. The van der Waals surface area contributed by atoms with Crippen molar-refractivity contribution in [2.24, 2.45) is 7.05 Å². The molecule has 0 aliphatic carbocycles. The SMILES string of the molecule is Cn1c(-c2ccc3c(c2)CCN3)nc2ccccc21. The van der Waals surface area contributed by atoms with Crippen molar-refractivity contribution in [2.75, 3.05) is 11.9 Å². The number of hydrogen-bond donors (Lipinski definition) is 1. The van der Waals surface area contributed by atoms with Gasteiger partial charge in [0.05, 0.1) is 11.0 Å². The zero-order chi connectivity index (χ0) is 12.8. The highest BCUT2D eigenvalue weighted by molar-refractivity contribution is 5.81. The number of fused-ring (bicyclic) bond motifs is 2. The van der Waals surface area contributed by atoms with Crippen molar-refractivity contribution in [3.05, 3.63) is 48.0 Å². The van der Waals surface area contributed by atoms with Gasteiger partial charge in [0.2, 0.25) is 0 Å². The number of aryl methyl sites for hydroxylation is 1. The lowest BCUT2D eigenvalue weighted by atomic mass is 10.1. The molecule has 0 saturated heterocycles. The van der Waals surface area contributed by atoms with Gasteiger partial charge in [0.25, 0.3) is 0 Å². The van der Waals surface area contributed by atoms with Gasteiger partial charge in [0, 0.05) is 24.8 Å². The van der Waals surface area contributed by atoms with Gasteiger partial charge in [-0.1, -0.05) is 12.1 Å². The Morgan fingerprint density at radius 1 is 1.16 bits per heavy atom. The van der Waals surface area contributed by atoms with E-state index in [-0.39, 0.29) is 0 Å². The second-order valence-electron chi connectivity index (χ2n) is 5.03. The van der Waals surface area contributed by atoms with E-state index in [4.69, 9.17) is 4.98 Å². The lowest BCUT2D eigenvalue weighted by molar-refractivity contribution is 0.959. The minimum absolute atomic E-state index is 1.04. The van der Waals surface area contributed by atoms with Crippen molar-refractivity contribution >= 4 is 16.7 Å². The third-order valence-corrected chi connectivity index (χ3v) is 3.86. The van der Waals surface area contributed by atoms with Gasteiger partial charge in [0.15, 0.2) is 0 Å². The number of nitrogens with zero attached hydrogens (tertiary/aromatic N) is 2. The smallest absolute Gasteiger partial charge is 0.140 e. The van der Waals surface area contributed by atoms with Crippen molar-refractivity contribution in [1.29, 1.82) is 0 Å². The van der Waals surface area contributed by atoms with Crippen LogP contribution in [0.2, 0.25) is 0 Å². The molecule has 0 amide bonds. The zero-order valence-electron chi connectivity index (χ0n) is 10.9. The van der Waals surface area contributed by atoms with Crippen molar-refractivity contribution in [3.8, 4) is 11.4 Å². The standard InChI is InChI=1S/C16H15N3/c1-19-15-5-3-2-4-14(15)18-16(19)12-6-7-13-11(10-12)8-9-17-13/h2-7,10,17H,8-9H2,1H3. The normalized spacial score (nSPS) is 13.5. The van der Waals surface area contributed by atoms with Crippen LogP contribution in [0.5, 0.6) is 0 Å². The first-order chi connectivity index (χ1) is 9.33. The summed E-state index contributed by atoms with van der Waals surface area (Å²) in [5, 5.41) is 3.39. The van der Waals surface area contributed by atoms with Gasteiger partial charge in [-0.05, 0) is 42.3 Å². The Bertz CT molecular complexity index is 771. The maximum Gasteiger partial charge on any atom is 0.140 e. The van der Waals surface area contributed by atoms with E-state index in [1.807, 2.05) is 6.07 Å². The van der Waals surface area contributed by atoms with Crippen LogP contribution in [-0.2, 0) is 13.5 Å². The molecule has 1 N–H and O–H groups in total. The Morgan fingerprint density at radius 2 is 2.05 bits per heavy atom. The van der Waals surface area contributed by atoms with E-state index in [0.29, 0.717) is 0 Å². The van der Waals surface area contributed by atoms with E-state index < -0.39 is 0 Å². The molecule has 0 atom stereocenters. The molecular formula is C16H15N3. The molecule has 1 aromatic heterocycles. The molecule has 0 bridgehead atoms. The Balaban J connectivity index is 1.92. The maximum atomic E-state index is 4.75. The van der Waals surface area contributed by atoms with E-state index in [1.165, 1.54) is 22.3 Å². The van der Waals surface area contributed by atoms with Crippen LogP contribution >= 0.6 is 0 Å². The highest BCUT2D eigenvalue weighted by atomic mass is 15.1. The van der Waals surface area contributed by atoms with Crippen LogP contribution in [0.25, 0.3) is 22.4 Å². The molecular weight excluding hydrogens is 234 g/mol.